The molecule has 0 saturated carbocycles. The standard InChI is InChI=1S/C19H23N5O/c25-18(7-11-22-10-6-16-4-1-2-5-17(16)22)23-12-14-24(15-13-23)19-20-8-3-9-21-19/h1-5,8-9H,6-7,10-15H2. The molecule has 3 heterocycles. The van der Waals surface area contributed by atoms with Crippen LogP contribution < -0.4 is 9.80 Å². The van der Waals surface area contributed by atoms with Crippen LogP contribution in [0.25, 0.3) is 0 Å². The highest BCUT2D eigenvalue weighted by Crippen LogP contribution is 2.27. The Bertz CT molecular complexity index is 728. The lowest BCUT2D eigenvalue weighted by atomic mass is 10.2. The van der Waals surface area contributed by atoms with Gasteiger partial charge in [-0.3, -0.25) is 4.79 Å². The molecule has 1 aromatic carbocycles. The van der Waals surface area contributed by atoms with Gasteiger partial charge < -0.3 is 14.7 Å². The van der Waals surface area contributed by atoms with Crippen LogP contribution in [0.1, 0.15) is 12.0 Å². The molecule has 1 fully saturated rings. The van der Waals surface area contributed by atoms with E-state index in [1.807, 2.05) is 11.0 Å². The Labute approximate surface area is 148 Å². The Balaban J connectivity index is 1.27. The molecule has 2 aliphatic heterocycles. The first-order chi connectivity index (χ1) is 12.3. The minimum Gasteiger partial charge on any atom is -0.370 e. The van der Waals surface area contributed by atoms with Gasteiger partial charge in [-0.1, -0.05) is 18.2 Å². The van der Waals surface area contributed by atoms with Crippen molar-refractivity contribution in [3.63, 3.8) is 0 Å². The van der Waals surface area contributed by atoms with E-state index in [9.17, 15) is 4.79 Å². The highest BCUT2D eigenvalue weighted by Gasteiger charge is 2.24. The molecular formula is C19H23N5O. The molecule has 25 heavy (non-hydrogen) atoms. The number of para-hydroxylation sites is 1. The lowest BCUT2D eigenvalue weighted by molar-refractivity contribution is -0.131. The summed E-state index contributed by atoms with van der Waals surface area (Å²) < 4.78 is 0. The van der Waals surface area contributed by atoms with Crippen molar-refractivity contribution < 1.29 is 4.79 Å². The summed E-state index contributed by atoms with van der Waals surface area (Å²) in [6.07, 6.45) is 5.18. The average Bonchev–Trinajstić information content (AvgIpc) is 3.10. The lowest BCUT2D eigenvalue weighted by Crippen LogP contribution is -2.49. The van der Waals surface area contributed by atoms with E-state index < -0.39 is 0 Å². The molecule has 0 radical (unpaired) electrons. The van der Waals surface area contributed by atoms with Gasteiger partial charge in [-0.15, -0.1) is 0 Å². The van der Waals surface area contributed by atoms with E-state index in [4.69, 9.17) is 0 Å². The fourth-order valence-corrected chi connectivity index (χ4v) is 3.64. The van der Waals surface area contributed by atoms with E-state index in [1.54, 1.807) is 12.4 Å². The van der Waals surface area contributed by atoms with E-state index in [0.29, 0.717) is 6.42 Å². The maximum Gasteiger partial charge on any atom is 0.225 e. The Morgan fingerprint density at radius 2 is 1.72 bits per heavy atom. The molecule has 130 valence electrons. The van der Waals surface area contributed by atoms with Crippen LogP contribution in [-0.4, -0.2) is 60.0 Å². The number of amides is 1. The SMILES string of the molecule is O=C(CCN1CCc2ccccc21)N1CCN(c2ncccn2)CC1. The maximum absolute atomic E-state index is 12.6. The van der Waals surface area contributed by atoms with Crippen molar-refractivity contribution in [3.05, 3.63) is 48.3 Å². The van der Waals surface area contributed by atoms with Gasteiger partial charge in [-0.2, -0.15) is 0 Å². The lowest BCUT2D eigenvalue weighted by Gasteiger charge is -2.35. The Morgan fingerprint density at radius 1 is 0.960 bits per heavy atom. The number of fused-ring (bicyclic) bond motifs is 1. The third-order valence-electron chi connectivity index (χ3n) is 5.05. The number of rotatable bonds is 4. The van der Waals surface area contributed by atoms with E-state index in [0.717, 1.165) is 51.6 Å². The summed E-state index contributed by atoms with van der Waals surface area (Å²) in [5, 5.41) is 0. The first-order valence-corrected chi connectivity index (χ1v) is 8.94. The molecule has 4 rings (SSSR count). The van der Waals surface area contributed by atoms with E-state index in [1.165, 1.54) is 11.3 Å². The summed E-state index contributed by atoms with van der Waals surface area (Å²) >= 11 is 0. The summed E-state index contributed by atoms with van der Waals surface area (Å²) in [5.41, 5.74) is 2.69. The number of benzene rings is 1. The number of hydrogen-bond acceptors (Lipinski definition) is 5. The van der Waals surface area contributed by atoms with Gasteiger partial charge in [0, 0.05) is 63.8 Å². The van der Waals surface area contributed by atoms with Crippen LogP contribution in [-0.2, 0) is 11.2 Å². The Morgan fingerprint density at radius 3 is 2.52 bits per heavy atom. The monoisotopic (exact) mass is 337 g/mol. The first-order valence-electron chi connectivity index (χ1n) is 8.94. The summed E-state index contributed by atoms with van der Waals surface area (Å²) in [6.45, 7) is 4.90. The topological polar surface area (TPSA) is 52.6 Å². The molecule has 1 saturated heterocycles. The minimum atomic E-state index is 0.248. The second-order valence-corrected chi connectivity index (χ2v) is 6.53. The van der Waals surface area contributed by atoms with Gasteiger partial charge in [0.15, 0.2) is 0 Å². The normalized spacial score (nSPS) is 16.9. The molecule has 1 amide bonds. The van der Waals surface area contributed by atoms with Crippen LogP contribution >= 0.6 is 0 Å². The van der Waals surface area contributed by atoms with Crippen molar-refractivity contribution in [3.8, 4) is 0 Å². The second kappa shape index (κ2) is 7.09. The molecule has 0 spiro atoms. The number of aromatic nitrogens is 2. The van der Waals surface area contributed by atoms with Gasteiger partial charge in [0.2, 0.25) is 11.9 Å². The van der Waals surface area contributed by atoms with Crippen LogP contribution in [0.15, 0.2) is 42.7 Å². The van der Waals surface area contributed by atoms with Crippen LogP contribution in [0.3, 0.4) is 0 Å². The molecule has 2 aliphatic rings. The Hall–Kier alpha value is -2.63. The molecule has 2 aromatic rings. The van der Waals surface area contributed by atoms with Gasteiger partial charge in [-0.05, 0) is 24.1 Å². The Kier molecular flexibility index (Phi) is 4.50. The predicted molar refractivity (Wildman–Crippen MR) is 97.8 cm³/mol. The molecule has 0 bridgehead atoms. The van der Waals surface area contributed by atoms with Crippen LogP contribution in [0.5, 0.6) is 0 Å². The van der Waals surface area contributed by atoms with Crippen LogP contribution in [0.2, 0.25) is 0 Å². The third kappa shape index (κ3) is 3.43. The number of piperazine rings is 1. The molecule has 6 nitrogen and oxygen atoms in total. The molecule has 0 aliphatic carbocycles. The highest BCUT2D eigenvalue weighted by atomic mass is 16.2. The van der Waals surface area contributed by atoms with Gasteiger partial charge in [0.05, 0.1) is 0 Å². The molecule has 0 atom stereocenters. The van der Waals surface area contributed by atoms with Crippen molar-refractivity contribution >= 4 is 17.5 Å². The van der Waals surface area contributed by atoms with Gasteiger partial charge in [0.25, 0.3) is 0 Å². The van der Waals surface area contributed by atoms with E-state index >= 15 is 0 Å². The highest BCUT2D eigenvalue weighted by molar-refractivity contribution is 5.77. The number of hydrogen-bond donors (Lipinski definition) is 0. The smallest absolute Gasteiger partial charge is 0.225 e. The zero-order chi connectivity index (χ0) is 17.1. The molecule has 1 aromatic heterocycles. The minimum absolute atomic E-state index is 0.248. The zero-order valence-corrected chi connectivity index (χ0v) is 14.3. The van der Waals surface area contributed by atoms with Crippen molar-refractivity contribution in [2.24, 2.45) is 0 Å². The van der Waals surface area contributed by atoms with Gasteiger partial charge in [0.1, 0.15) is 0 Å². The number of carbonyl (C=O) groups is 1. The number of anilines is 2. The second-order valence-electron chi connectivity index (χ2n) is 6.53. The van der Waals surface area contributed by atoms with Crippen molar-refractivity contribution in [1.29, 1.82) is 0 Å². The molecule has 6 heteroatoms. The number of carbonyl (C=O) groups excluding carboxylic acids is 1. The van der Waals surface area contributed by atoms with Crippen molar-refractivity contribution in [2.45, 2.75) is 12.8 Å². The van der Waals surface area contributed by atoms with Crippen molar-refractivity contribution in [1.82, 2.24) is 14.9 Å². The molecule has 0 unspecified atom stereocenters. The summed E-state index contributed by atoms with van der Waals surface area (Å²) in [6, 6.07) is 10.3. The average molecular weight is 337 g/mol. The maximum atomic E-state index is 12.6. The predicted octanol–water partition coefficient (Wildman–Crippen LogP) is 1.58. The van der Waals surface area contributed by atoms with Crippen molar-refractivity contribution in [2.75, 3.05) is 49.1 Å². The molecular weight excluding hydrogens is 314 g/mol. The van der Waals surface area contributed by atoms with Crippen LogP contribution in [0.4, 0.5) is 11.6 Å². The zero-order valence-electron chi connectivity index (χ0n) is 14.3. The van der Waals surface area contributed by atoms with Gasteiger partial charge in [-0.25, -0.2) is 9.97 Å². The first kappa shape index (κ1) is 15.9. The number of nitrogens with zero attached hydrogens (tertiary/aromatic N) is 5. The fourth-order valence-electron chi connectivity index (χ4n) is 3.64. The fraction of sp³-hybridized carbons (Fsp3) is 0.421. The summed E-state index contributed by atoms with van der Waals surface area (Å²) in [7, 11) is 0. The van der Waals surface area contributed by atoms with E-state index in [2.05, 4.69) is 44.0 Å². The van der Waals surface area contributed by atoms with Crippen LogP contribution in [0, 0.1) is 0 Å². The molecule has 0 N–H and O–H groups in total. The van der Waals surface area contributed by atoms with Gasteiger partial charge >= 0.3 is 0 Å². The summed E-state index contributed by atoms with van der Waals surface area (Å²) in [5.74, 6) is 1.00. The summed E-state index contributed by atoms with van der Waals surface area (Å²) in [4.78, 5) is 27.6. The van der Waals surface area contributed by atoms with E-state index in [-0.39, 0.29) is 5.91 Å². The quantitative estimate of drug-likeness (QED) is 0.848. The third-order valence-corrected chi connectivity index (χ3v) is 5.05. The largest absolute Gasteiger partial charge is 0.370 e.